The summed E-state index contributed by atoms with van der Waals surface area (Å²) in [4.78, 5) is 8.62. The van der Waals surface area contributed by atoms with Crippen molar-refractivity contribution in [2.24, 2.45) is 9.98 Å². The molecule has 1 aliphatic rings. The Morgan fingerprint density at radius 2 is 1.86 bits per heavy atom. The molecule has 1 aromatic rings. The van der Waals surface area contributed by atoms with Gasteiger partial charge in [-0.3, -0.25) is 0 Å². The normalized spacial score (nSPS) is 14.8. The molecule has 1 aromatic carbocycles. The zero-order chi connectivity index (χ0) is 14.8. The third-order valence-corrected chi connectivity index (χ3v) is 3.83. The molecule has 0 saturated heterocycles. The molecule has 1 atom stereocenters. The molecule has 0 bridgehead atoms. The molecule has 22 heavy (non-hydrogen) atoms. The molecule has 1 fully saturated rings. The molecule has 122 valence electrons. The third-order valence-electron chi connectivity index (χ3n) is 3.83. The quantitative estimate of drug-likeness (QED) is 0.415. The van der Waals surface area contributed by atoms with Crippen molar-refractivity contribution in [2.75, 3.05) is 13.2 Å². The van der Waals surface area contributed by atoms with Crippen LogP contribution in [0.4, 0.5) is 0 Å². The Balaban J connectivity index is 0.00000242. The van der Waals surface area contributed by atoms with Crippen LogP contribution in [0, 0.1) is 6.92 Å². The summed E-state index contributed by atoms with van der Waals surface area (Å²) in [6, 6.07) is 11.8. The largest absolute Gasteiger partial charge is 0.377 e. The first-order valence-electron chi connectivity index (χ1n) is 8.09. The molecule has 0 amide bonds. The number of ether oxygens (including phenoxy) is 1. The van der Waals surface area contributed by atoms with Crippen LogP contribution in [-0.2, 0) is 11.3 Å². The average Bonchev–Trinajstić information content (AvgIpc) is 2.53. The predicted octanol–water partition coefficient (Wildman–Crippen LogP) is 4.47. The zero-order valence-corrected chi connectivity index (χ0v) is 15.2. The molecule has 0 heterocycles. The van der Waals surface area contributed by atoms with E-state index in [1.807, 2.05) is 0 Å². The van der Waals surface area contributed by atoms with Gasteiger partial charge in [-0.1, -0.05) is 49.1 Å². The molecular weight excluding hydrogens is 291 g/mol. The summed E-state index contributed by atoms with van der Waals surface area (Å²) < 4.78 is 5.64. The van der Waals surface area contributed by atoms with E-state index in [2.05, 4.69) is 47.2 Å². The minimum atomic E-state index is 0. The summed E-state index contributed by atoms with van der Waals surface area (Å²) in [5.41, 5.74) is 2.51. The predicted molar refractivity (Wildman–Crippen MR) is 98.2 cm³/mol. The highest BCUT2D eigenvalue weighted by Gasteiger charge is 2.10. The topological polar surface area (TPSA) is 34.0 Å². The summed E-state index contributed by atoms with van der Waals surface area (Å²) in [7, 11) is 0. The monoisotopic (exact) mass is 320 g/mol. The smallest absolute Gasteiger partial charge is 0.0895 e. The lowest BCUT2D eigenvalue weighted by Gasteiger charge is -2.15. The van der Waals surface area contributed by atoms with Crippen molar-refractivity contribution in [1.29, 1.82) is 0 Å². The fourth-order valence-electron chi connectivity index (χ4n) is 2.50. The Labute approximate surface area is 137 Å². The number of benzene rings is 1. The Hall–Kier alpha value is -1.01. The summed E-state index contributed by atoms with van der Waals surface area (Å²) in [6.07, 6.45) is 7.33. The first-order chi connectivity index (χ1) is 10.3. The van der Waals surface area contributed by atoms with Gasteiger partial charge in [-0.25, -0.2) is 9.98 Å². The number of nitrogens with zero attached hydrogens (tertiary/aromatic N) is 2. The molecule has 0 spiro atoms. The zero-order valence-electron chi connectivity index (χ0n) is 13.8. The highest BCUT2D eigenvalue weighted by Crippen LogP contribution is 2.19. The van der Waals surface area contributed by atoms with Crippen molar-refractivity contribution in [3.8, 4) is 0 Å². The van der Waals surface area contributed by atoms with Gasteiger partial charge in [0.25, 0.3) is 0 Å². The Morgan fingerprint density at radius 3 is 2.59 bits per heavy atom. The van der Waals surface area contributed by atoms with Gasteiger partial charge in [0.05, 0.1) is 25.2 Å². The van der Waals surface area contributed by atoms with Crippen LogP contribution < -0.4 is 0 Å². The van der Waals surface area contributed by atoms with Crippen molar-refractivity contribution in [1.82, 2.24) is 0 Å². The second-order valence-corrected chi connectivity index (χ2v) is 5.79. The van der Waals surface area contributed by atoms with Gasteiger partial charge in [0.2, 0.25) is 0 Å². The van der Waals surface area contributed by atoms with Crippen LogP contribution in [0.1, 0.15) is 49.7 Å². The first-order valence-corrected chi connectivity index (χ1v) is 8.09. The molecule has 3 nitrogen and oxygen atoms in total. The molecule has 0 radical (unpaired) electrons. The van der Waals surface area contributed by atoms with E-state index in [4.69, 9.17) is 4.74 Å². The van der Waals surface area contributed by atoms with E-state index in [1.165, 1.54) is 43.2 Å². The Morgan fingerprint density at radius 1 is 1.14 bits per heavy atom. The summed E-state index contributed by atoms with van der Waals surface area (Å²) in [5, 5.41) is 0. The number of aliphatic imine (C=N–C) groups is 2. The number of rotatable bonds is 7. The van der Waals surface area contributed by atoms with E-state index in [9.17, 15) is 0 Å². The van der Waals surface area contributed by atoms with Gasteiger partial charge in [-0.15, -0.1) is 0 Å². The van der Waals surface area contributed by atoms with Crippen molar-refractivity contribution in [2.45, 2.75) is 58.1 Å². The summed E-state index contributed by atoms with van der Waals surface area (Å²) >= 11 is 0. The van der Waals surface area contributed by atoms with Crippen LogP contribution in [-0.4, -0.2) is 25.2 Å². The van der Waals surface area contributed by atoms with Crippen LogP contribution in [0.3, 0.4) is 0 Å². The van der Waals surface area contributed by atoms with Crippen LogP contribution in [0.5, 0.6) is 0 Å². The lowest BCUT2D eigenvalue weighted by atomic mass is 9.96. The van der Waals surface area contributed by atoms with Gasteiger partial charge in [-0.05, 0) is 31.7 Å². The first kappa shape index (κ1) is 19.0. The van der Waals surface area contributed by atoms with E-state index >= 15 is 0 Å². The summed E-state index contributed by atoms with van der Waals surface area (Å²) in [5.74, 6) is 0. The minimum absolute atomic E-state index is 0. The molecule has 1 saturated carbocycles. The molecule has 0 aromatic heterocycles. The maximum Gasteiger partial charge on any atom is 0.0895 e. The molecule has 4 heteroatoms. The van der Waals surface area contributed by atoms with Crippen molar-refractivity contribution < 1.29 is 4.74 Å². The van der Waals surface area contributed by atoms with E-state index in [0.717, 1.165) is 19.6 Å². The molecule has 1 aliphatic carbocycles. The van der Waals surface area contributed by atoms with Crippen LogP contribution in [0.2, 0.25) is 0 Å². The van der Waals surface area contributed by atoms with E-state index < -0.39 is 0 Å². The van der Waals surface area contributed by atoms with Crippen molar-refractivity contribution in [3.05, 3.63) is 35.4 Å². The fraction of sp³-hybridized carbons (Fsp3) is 0.611. The molecule has 1 unspecified atom stereocenters. The van der Waals surface area contributed by atoms with Gasteiger partial charge in [0.15, 0.2) is 0 Å². The molecular formula is C18H29N2OP. The van der Waals surface area contributed by atoms with Gasteiger partial charge in [0, 0.05) is 6.61 Å². The van der Waals surface area contributed by atoms with Crippen LogP contribution >= 0.6 is 9.90 Å². The third kappa shape index (κ3) is 7.84. The van der Waals surface area contributed by atoms with Crippen molar-refractivity contribution >= 4 is 15.9 Å². The Kier molecular flexibility index (Phi) is 9.99. The van der Waals surface area contributed by atoms with Crippen LogP contribution in [0.15, 0.2) is 34.3 Å². The standard InChI is InChI=1S/C18H26N2O.H3P/c1-16-8-10-17(11-9-16)14-21-13-5-12-19-15-20-18-6-3-2-4-7-18;/h8-11,18H,2-7,12-14H2,1H3;1H3. The minimum Gasteiger partial charge on any atom is -0.377 e. The Bertz CT molecular complexity index is 460. The number of hydrogen-bond donors (Lipinski definition) is 0. The van der Waals surface area contributed by atoms with E-state index in [0.29, 0.717) is 12.6 Å². The van der Waals surface area contributed by atoms with Crippen molar-refractivity contribution in [3.63, 3.8) is 0 Å². The molecule has 0 aliphatic heterocycles. The lowest BCUT2D eigenvalue weighted by Crippen LogP contribution is -2.08. The number of aryl methyl sites for hydroxylation is 1. The summed E-state index contributed by atoms with van der Waals surface area (Å²) in [6.45, 7) is 4.27. The number of hydrogen-bond acceptors (Lipinski definition) is 3. The maximum atomic E-state index is 5.64. The van der Waals surface area contributed by atoms with Gasteiger partial charge in [-0.2, -0.15) is 9.90 Å². The molecule has 0 N–H and O–H groups in total. The second-order valence-electron chi connectivity index (χ2n) is 5.79. The highest BCUT2D eigenvalue weighted by molar-refractivity contribution is 6.92. The SMILES string of the molecule is Cc1ccc(COCCCN=C=NC2CCCCC2)cc1.P. The lowest BCUT2D eigenvalue weighted by molar-refractivity contribution is 0.120. The second kappa shape index (κ2) is 11.5. The fourth-order valence-corrected chi connectivity index (χ4v) is 2.50. The van der Waals surface area contributed by atoms with Gasteiger partial charge >= 0.3 is 0 Å². The van der Waals surface area contributed by atoms with Gasteiger partial charge in [0.1, 0.15) is 0 Å². The van der Waals surface area contributed by atoms with E-state index in [1.54, 1.807) is 0 Å². The van der Waals surface area contributed by atoms with Gasteiger partial charge < -0.3 is 4.74 Å². The van der Waals surface area contributed by atoms with Crippen LogP contribution in [0.25, 0.3) is 0 Å². The maximum absolute atomic E-state index is 5.64. The molecule has 2 rings (SSSR count). The average molecular weight is 320 g/mol. The van der Waals surface area contributed by atoms with E-state index in [-0.39, 0.29) is 9.90 Å². The highest BCUT2D eigenvalue weighted by atomic mass is 31.0.